The van der Waals surface area contributed by atoms with Gasteiger partial charge in [-0.25, -0.2) is 0 Å². The predicted molar refractivity (Wildman–Crippen MR) is 73.3 cm³/mol. The molecule has 1 aromatic carbocycles. The molecule has 4 heteroatoms. The van der Waals surface area contributed by atoms with E-state index in [0.717, 1.165) is 16.6 Å². The van der Waals surface area contributed by atoms with Crippen molar-refractivity contribution in [1.82, 2.24) is 0 Å². The van der Waals surface area contributed by atoms with Crippen LogP contribution >= 0.6 is 11.8 Å². The molecule has 2 atom stereocenters. The van der Waals surface area contributed by atoms with Crippen LogP contribution in [0.2, 0.25) is 0 Å². The van der Waals surface area contributed by atoms with Crippen LogP contribution in [0.25, 0.3) is 0 Å². The summed E-state index contributed by atoms with van der Waals surface area (Å²) >= 11 is 1.75. The zero-order chi connectivity index (χ0) is 12.3. The van der Waals surface area contributed by atoms with E-state index in [0.29, 0.717) is 17.5 Å². The molecule has 1 aliphatic rings. The minimum atomic E-state index is 0.372. The lowest BCUT2D eigenvalue weighted by Crippen LogP contribution is -2.25. The molecule has 0 radical (unpaired) electrons. The monoisotopic (exact) mass is 245 g/mol. The number of benzene rings is 1. The fraction of sp³-hybridized carbons (Fsp3) is 0.385. The minimum Gasteiger partial charge on any atom is -0.335 e. The Hall–Kier alpha value is -1.47. The molecule has 0 saturated heterocycles. The van der Waals surface area contributed by atoms with Crippen LogP contribution in [0.3, 0.4) is 0 Å². The third kappa shape index (κ3) is 3.01. The van der Waals surface area contributed by atoms with Crippen LogP contribution in [0.5, 0.6) is 0 Å². The standard InChI is InChI=1S/C13H15N3S/c1-9-8-17-13(15-10(9)2)16-12-5-3-11(7-14)4-6-12/h3-6,9-10H,8H2,1-2H3,(H,15,16). The lowest BCUT2D eigenvalue weighted by Gasteiger charge is -2.23. The largest absolute Gasteiger partial charge is 0.335 e. The Bertz CT molecular complexity index is 459. The highest BCUT2D eigenvalue weighted by molar-refractivity contribution is 8.14. The third-order valence-electron chi connectivity index (χ3n) is 2.89. The molecule has 17 heavy (non-hydrogen) atoms. The number of anilines is 1. The van der Waals surface area contributed by atoms with Gasteiger partial charge in [-0.1, -0.05) is 18.7 Å². The molecule has 1 N–H and O–H groups in total. The van der Waals surface area contributed by atoms with Crippen LogP contribution in [-0.2, 0) is 0 Å². The topological polar surface area (TPSA) is 48.2 Å². The molecule has 88 valence electrons. The second-order valence-electron chi connectivity index (χ2n) is 4.28. The average Bonchev–Trinajstić information content (AvgIpc) is 2.35. The molecule has 2 unspecified atom stereocenters. The number of amidine groups is 1. The number of nitrogens with zero attached hydrogens (tertiary/aromatic N) is 2. The summed E-state index contributed by atoms with van der Waals surface area (Å²) in [5, 5.41) is 13.0. The quantitative estimate of drug-likeness (QED) is 0.827. The molecule has 0 bridgehead atoms. The van der Waals surface area contributed by atoms with Crippen molar-refractivity contribution in [1.29, 1.82) is 5.26 Å². The van der Waals surface area contributed by atoms with Crippen molar-refractivity contribution in [2.45, 2.75) is 19.9 Å². The predicted octanol–water partition coefficient (Wildman–Crippen LogP) is 3.10. The molecule has 0 spiro atoms. The van der Waals surface area contributed by atoms with Gasteiger partial charge in [-0.3, -0.25) is 4.99 Å². The van der Waals surface area contributed by atoms with Gasteiger partial charge in [-0.15, -0.1) is 0 Å². The van der Waals surface area contributed by atoms with Crippen LogP contribution in [-0.4, -0.2) is 17.0 Å². The first-order valence-corrected chi connectivity index (χ1v) is 6.65. The zero-order valence-corrected chi connectivity index (χ0v) is 10.8. The van der Waals surface area contributed by atoms with E-state index in [9.17, 15) is 0 Å². The van der Waals surface area contributed by atoms with Crippen LogP contribution in [0.1, 0.15) is 19.4 Å². The highest BCUT2D eigenvalue weighted by Crippen LogP contribution is 2.23. The Morgan fingerprint density at radius 3 is 2.65 bits per heavy atom. The van der Waals surface area contributed by atoms with Gasteiger partial charge in [-0.2, -0.15) is 5.26 Å². The second kappa shape index (κ2) is 5.24. The summed E-state index contributed by atoms with van der Waals surface area (Å²) in [6, 6.07) is 9.91. The van der Waals surface area contributed by atoms with Gasteiger partial charge in [0.1, 0.15) is 0 Å². The van der Waals surface area contributed by atoms with Crippen molar-refractivity contribution in [3.8, 4) is 6.07 Å². The van der Waals surface area contributed by atoms with Gasteiger partial charge in [0.2, 0.25) is 0 Å². The fourth-order valence-corrected chi connectivity index (χ4v) is 2.65. The van der Waals surface area contributed by atoms with Gasteiger partial charge >= 0.3 is 0 Å². The Labute approximate surface area is 106 Å². The Balaban J connectivity index is 2.06. The lowest BCUT2D eigenvalue weighted by molar-refractivity contribution is 0.537. The number of aliphatic imine (C=N–C) groups is 1. The Morgan fingerprint density at radius 2 is 2.06 bits per heavy atom. The first-order chi connectivity index (χ1) is 8.19. The molecular weight excluding hydrogens is 230 g/mol. The van der Waals surface area contributed by atoms with E-state index in [-0.39, 0.29) is 0 Å². The number of rotatable bonds is 1. The molecule has 0 fully saturated rings. The van der Waals surface area contributed by atoms with E-state index in [4.69, 9.17) is 5.26 Å². The molecular formula is C13H15N3S. The number of hydrogen-bond acceptors (Lipinski definition) is 4. The number of nitriles is 1. The van der Waals surface area contributed by atoms with Crippen molar-refractivity contribution in [2.24, 2.45) is 10.9 Å². The van der Waals surface area contributed by atoms with E-state index in [1.165, 1.54) is 0 Å². The summed E-state index contributed by atoms with van der Waals surface area (Å²) in [6.45, 7) is 4.37. The van der Waals surface area contributed by atoms with Gasteiger partial charge in [0.15, 0.2) is 5.17 Å². The summed E-state index contributed by atoms with van der Waals surface area (Å²) in [5.74, 6) is 1.73. The van der Waals surface area contributed by atoms with Crippen LogP contribution in [0.15, 0.2) is 29.3 Å². The summed E-state index contributed by atoms with van der Waals surface area (Å²) in [6.07, 6.45) is 0. The third-order valence-corrected chi connectivity index (χ3v) is 4.07. The van der Waals surface area contributed by atoms with Crippen LogP contribution in [0, 0.1) is 17.2 Å². The maximum absolute atomic E-state index is 8.72. The molecule has 1 aliphatic heterocycles. The van der Waals surface area contributed by atoms with Crippen molar-refractivity contribution in [2.75, 3.05) is 11.1 Å². The summed E-state index contributed by atoms with van der Waals surface area (Å²) < 4.78 is 0. The molecule has 2 rings (SSSR count). The van der Waals surface area contributed by atoms with Crippen LogP contribution in [0.4, 0.5) is 5.69 Å². The van der Waals surface area contributed by atoms with E-state index >= 15 is 0 Å². The molecule has 0 saturated carbocycles. The Morgan fingerprint density at radius 1 is 1.35 bits per heavy atom. The Kier molecular flexibility index (Phi) is 3.70. The fourth-order valence-electron chi connectivity index (χ4n) is 1.52. The highest BCUT2D eigenvalue weighted by atomic mass is 32.2. The summed E-state index contributed by atoms with van der Waals surface area (Å²) in [4.78, 5) is 4.60. The van der Waals surface area contributed by atoms with E-state index in [1.807, 2.05) is 24.3 Å². The number of nitrogens with one attached hydrogen (secondary N) is 1. The van der Waals surface area contributed by atoms with Gasteiger partial charge < -0.3 is 5.32 Å². The normalized spacial score (nSPS) is 23.7. The number of hydrogen-bond donors (Lipinski definition) is 1. The lowest BCUT2D eigenvalue weighted by atomic mass is 10.1. The maximum Gasteiger partial charge on any atom is 0.161 e. The van der Waals surface area contributed by atoms with Gasteiger partial charge in [-0.05, 0) is 37.1 Å². The molecule has 0 aromatic heterocycles. The second-order valence-corrected chi connectivity index (χ2v) is 5.29. The first-order valence-electron chi connectivity index (χ1n) is 5.67. The highest BCUT2D eigenvalue weighted by Gasteiger charge is 2.18. The summed E-state index contributed by atoms with van der Waals surface area (Å²) in [5.41, 5.74) is 1.66. The zero-order valence-electron chi connectivity index (χ0n) is 9.97. The van der Waals surface area contributed by atoms with Gasteiger partial charge in [0.25, 0.3) is 0 Å². The minimum absolute atomic E-state index is 0.372. The van der Waals surface area contributed by atoms with Crippen molar-refractivity contribution < 1.29 is 0 Å². The molecule has 3 nitrogen and oxygen atoms in total. The van der Waals surface area contributed by atoms with E-state index < -0.39 is 0 Å². The SMILES string of the molecule is CC1CSC(Nc2ccc(C#N)cc2)=NC1C. The van der Waals surface area contributed by atoms with E-state index in [1.54, 1.807) is 11.8 Å². The smallest absolute Gasteiger partial charge is 0.161 e. The maximum atomic E-state index is 8.72. The molecule has 0 amide bonds. The van der Waals surface area contributed by atoms with Crippen LogP contribution < -0.4 is 5.32 Å². The van der Waals surface area contributed by atoms with Crippen molar-refractivity contribution >= 4 is 22.6 Å². The molecule has 0 aliphatic carbocycles. The molecule has 1 aromatic rings. The van der Waals surface area contributed by atoms with Gasteiger partial charge in [0.05, 0.1) is 17.7 Å². The van der Waals surface area contributed by atoms with E-state index in [2.05, 4.69) is 30.2 Å². The first kappa shape index (κ1) is 12.0. The molecule has 1 heterocycles. The number of thioether (sulfide) groups is 1. The van der Waals surface area contributed by atoms with Crippen molar-refractivity contribution in [3.63, 3.8) is 0 Å². The summed E-state index contributed by atoms with van der Waals surface area (Å²) in [7, 11) is 0. The van der Waals surface area contributed by atoms with Gasteiger partial charge in [0, 0.05) is 11.4 Å². The average molecular weight is 245 g/mol. The van der Waals surface area contributed by atoms with Crippen molar-refractivity contribution in [3.05, 3.63) is 29.8 Å².